The highest BCUT2D eigenvalue weighted by molar-refractivity contribution is 5.76. The molecule has 0 saturated heterocycles. The SMILES string of the molecule is CCN1CCc2cc(OC)c(OC)cc2[C@H]1[C@H](NC(=O)CC(C)C)C(C)C. The molecule has 0 bridgehead atoms. The number of nitrogens with zero attached hydrogens (tertiary/aromatic N) is 1. The molecule has 0 unspecified atom stereocenters. The van der Waals surface area contributed by atoms with Gasteiger partial charge in [-0.1, -0.05) is 34.6 Å². The number of amides is 1. The van der Waals surface area contributed by atoms with Crippen molar-refractivity contribution in [1.82, 2.24) is 10.2 Å². The third-order valence-electron chi connectivity index (χ3n) is 5.41. The maximum atomic E-state index is 12.6. The van der Waals surface area contributed by atoms with Gasteiger partial charge in [-0.25, -0.2) is 0 Å². The Labute approximate surface area is 164 Å². The van der Waals surface area contributed by atoms with Crippen LogP contribution in [0.1, 0.15) is 58.2 Å². The highest BCUT2D eigenvalue weighted by Gasteiger charge is 2.36. The Morgan fingerprint density at radius 1 is 1.19 bits per heavy atom. The number of nitrogens with one attached hydrogen (secondary N) is 1. The predicted octanol–water partition coefficient (Wildman–Crippen LogP) is 3.81. The highest BCUT2D eigenvalue weighted by atomic mass is 16.5. The molecular formula is C22H36N2O3. The molecule has 1 aromatic carbocycles. The van der Waals surface area contributed by atoms with E-state index in [1.54, 1.807) is 14.2 Å². The molecule has 0 fully saturated rings. The minimum atomic E-state index is 0.0494. The van der Waals surface area contributed by atoms with E-state index in [0.717, 1.165) is 31.0 Å². The van der Waals surface area contributed by atoms with Crippen LogP contribution in [0.25, 0.3) is 0 Å². The molecule has 152 valence electrons. The number of likely N-dealkylation sites (N-methyl/N-ethyl adjacent to an activating group) is 1. The summed E-state index contributed by atoms with van der Waals surface area (Å²) in [5.74, 6) is 2.31. The highest BCUT2D eigenvalue weighted by Crippen LogP contribution is 2.40. The Kier molecular flexibility index (Phi) is 7.54. The van der Waals surface area contributed by atoms with E-state index < -0.39 is 0 Å². The van der Waals surface area contributed by atoms with Crippen molar-refractivity contribution in [3.05, 3.63) is 23.3 Å². The van der Waals surface area contributed by atoms with E-state index in [1.807, 2.05) is 0 Å². The zero-order valence-corrected chi connectivity index (χ0v) is 18.0. The first-order valence-electron chi connectivity index (χ1n) is 10.1. The van der Waals surface area contributed by atoms with Gasteiger partial charge in [-0.15, -0.1) is 0 Å². The zero-order valence-electron chi connectivity index (χ0n) is 18.0. The van der Waals surface area contributed by atoms with Crippen LogP contribution in [0.5, 0.6) is 11.5 Å². The summed E-state index contributed by atoms with van der Waals surface area (Å²) < 4.78 is 11.1. The van der Waals surface area contributed by atoms with Crippen molar-refractivity contribution < 1.29 is 14.3 Å². The van der Waals surface area contributed by atoms with Crippen LogP contribution < -0.4 is 14.8 Å². The fourth-order valence-electron chi connectivity index (χ4n) is 4.03. The number of carbonyl (C=O) groups excluding carboxylic acids is 1. The molecule has 1 N–H and O–H groups in total. The summed E-state index contributed by atoms with van der Waals surface area (Å²) in [4.78, 5) is 15.0. The van der Waals surface area contributed by atoms with Crippen LogP contribution in [0.15, 0.2) is 12.1 Å². The molecule has 27 heavy (non-hydrogen) atoms. The Balaban J connectivity index is 2.46. The lowest BCUT2D eigenvalue weighted by Gasteiger charge is -2.43. The number of hydrogen-bond acceptors (Lipinski definition) is 4. The van der Waals surface area contributed by atoms with Gasteiger partial charge < -0.3 is 14.8 Å². The van der Waals surface area contributed by atoms with E-state index in [1.165, 1.54) is 11.1 Å². The van der Waals surface area contributed by atoms with Gasteiger partial charge in [0.25, 0.3) is 0 Å². The molecule has 1 aliphatic heterocycles. The summed E-state index contributed by atoms with van der Waals surface area (Å²) in [7, 11) is 3.34. The van der Waals surface area contributed by atoms with Gasteiger partial charge >= 0.3 is 0 Å². The number of fused-ring (bicyclic) bond motifs is 1. The Hall–Kier alpha value is -1.75. The maximum absolute atomic E-state index is 12.6. The smallest absolute Gasteiger partial charge is 0.220 e. The summed E-state index contributed by atoms with van der Waals surface area (Å²) in [6.45, 7) is 12.6. The van der Waals surface area contributed by atoms with Crippen molar-refractivity contribution >= 4 is 5.91 Å². The summed E-state index contributed by atoms with van der Waals surface area (Å²) in [5.41, 5.74) is 2.52. The van der Waals surface area contributed by atoms with Crippen molar-refractivity contribution in [2.75, 3.05) is 27.3 Å². The van der Waals surface area contributed by atoms with Gasteiger partial charge in [0, 0.05) is 13.0 Å². The number of rotatable bonds is 8. The van der Waals surface area contributed by atoms with E-state index in [9.17, 15) is 4.79 Å². The summed E-state index contributed by atoms with van der Waals surface area (Å²) in [6, 6.07) is 4.38. The second-order valence-electron chi connectivity index (χ2n) is 8.16. The predicted molar refractivity (Wildman–Crippen MR) is 109 cm³/mol. The molecule has 1 aromatic rings. The molecule has 5 nitrogen and oxygen atoms in total. The van der Waals surface area contributed by atoms with E-state index in [0.29, 0.717) is 18.3 Å². The second kappa shape index (κ2) is 9.45. The van der Waals surface area contributed by atoms with Gasteiger partial charge in [0.1, 0.15) is 0 Å². The third kappa shape index (κ3) is 4.95. The van der Waals surface area contributed by atoms with Crippen LogP contribution in [0.3, 0.4) is 0 Å². The summed E-state index contributed by atoms with van der Waals surface area (Å²) in [5, 5.41) is 3.34. The van der Waals surface area contributed by atoms with E-state index in [-0.39, 0.29) is 18.0 Å². The van der Waals surface area contributed by atoms with Gasteiger partial charge in [0.15, 0.2) is 11.5 Å². The molecule has 2 atom stereocenters. The molecule has 5 heteroatoms. The van der Waals surface area contributed by atoms with Crippen molar-refractivity contribution in [3.8, 4) is 11.5 Å². The van der Waals surface area contributed by atoms with Crippen LogP contribution in [-0.2, 0) is 11.2 Å². The van der Waals surface area contributed by atoms with E-state index in [2.05, 4.69) is 57.0 Å². The monoisotopic (exact) mass is 376 g/mol. The van der Waals surface area contributed by atoms with Crippen molar-refractivity contribution in [2.45, 2.75) is 59.5 Å². The summed E-state index contributed by atoms with van der Waals surface area (Å²) in [6.07, 6.45) is 1.53. The maximum Gasteiger partial charge on any atom is 0.220 e. The van der Waals surface area contributed by atoms with E-state index >= 15 is 0 Å². The number of benzene rings is 1. The number of carbonyl (C=O) groups is 1. The zero-order chi connectivity index (χ0) is 20.1. The first kappa shape index (κ1) is 21.5. The molecule has 0 radical (unpaired) electrons. The molecule has 1 heterocycles. The van der Waals surface area contributed by atoms with Crippen LogP contribution in [0.2, 0.25) is 0 Å². The molecule has 0 aliphatic carbocycles. The third-order valence-corrected chi connectivity index (χ3v) is 5.41. The normalized spacial score (nSPS) is 18.3. The number of hydrogen-bond donors (Lipinski definition) is 1. The lowest BCUT2D eigenvalue weighted by Crippen LogP contribution is -2.51. The van der Waals surface area contributed by atoms with Crippen LogP contribution in [0, 0.1) is 11.8 Å². The van der Waals surface area contributed by atoms with Crippen LogP contribution in [-0.4, -0.2) is 44.2 Å². The van der Waals surface area contributed by atoms with Gasteiger partial charge in [-0.3, -0.25) is 9.69 Å². The molecule has 0 spiro atoms. The summed E-state index contributed by atoms with van der Waals surface area (Å²) >= 11 is 0. The first-order chi connectivity index (χ1) is 12.8. The van der Waals surface area contributed by atoms with Gasteiger partial charge in [-0.2, -0.15) is 0 Å². The minimum Gasteiger partial charge on any atom is -0.493 e. The minimum absolute atomic E-state index is 0.0494. The van der Waals surface area contributed by atoms with Gasteiger partial charge in [0.2, 0.25) is 5.91 Å². The first-order valence-corrected chi connectivity index (χ1v) is 10.1. The molecule has 2 rings (SSSR count). The van der Waals surface area contributed by atoms with Crippen LogP contribution in [0.4, 0.5) is 0 Å². The van der Waals surface area contributed by atoms with Gasteiger partial charge in [0.05, 0.1) is 26.3 Å². The largest absolute Gasteiger partial charge is 0.493 e. The van der Waals surface area contributed by atoms with E-state index in [4.69, 9.17) is 9.47 Å². The molecule has 1 aliphatic rings. The molecular weight excluding hydrogens is 340 g/mol. The second-order valence-corrected chi connectivity index (χ2v) is 8.16. The number of methoxy groups -OCH3 is 2. The standard InChI is InChI=1S/C22H36N2O3/c1-8-24-10-9-16-12-18(26-6)19(27-7)13-17(16)22(24)21(15(4)5)23-20(25)11-14(2)3/h12-15,21-22H,8-11H2,1-7H3,(H,23,25)/t21-,22+/m1/s1. The molecule has 0 saturated carbocycles. The Morgan fingerprint density at radius 2 is 1.81 bits per heavy atom. The van der Waals surface area contributed by atoms with Crippen molar-refractivity contribution in [1.29, 1.82) is 0 Å². The average Bonchev–Trinajstić information content (AvgIpc) is 2.63. The Morgan fingerprint density at radius 3 is 2.33 bits per heavy atom. The fourth-order valence-corrected chi connectivity index (χ4v) is 4.03. The van der Waals surface area contributed by atoms with Crippen LogP contribution >= 0.6 is 0 Å². The number of ether oxygens (including phenoxy) is 2. The fraction of sp³-hybridized carbons (Fsp3) is 0.682. The lowest BCUT2D eigenvalue weighted by molar-refractivity contribution is -0.123. The quantitative estimate of drug-likeness (QED) is 0.750. The molecule has 1 amide bonds. The average molecular weight is 377 g/mol. The Bertz CT molecular complexity index is 643. The van der Waals surface area contributed by atoms with Crippen molar-refractivity contribution in [3.63, 3.8) is 0 Å². The molecule has 0 aromatic heterocycles. The lowest BCUT2D eigenvalue weighted by atomic mass is 9.83. The van der Waals surface area contributed by atoms with Crippen molar-refractivity contribution in [2.24, 2.45) is 11.8 Å². The topological polar surface area (TPSA) is 50.8 Å². The van der Waals surface area contributed by atoms with Gasteiger partial charge in [-0.05, 0) is 48.1 Å².